The molecule has 0 radical (unpaired) electrons. The van der Waals surface area contributed by atoms with E-state index in [2.05, 4.69) is 74.4 Å². The first kappa shape index (κ1) is 15.6. The van der Waals surface area contributed by atoms with Crippen molar-refractivity contribution in [1.29, 1.82) is 0 Å². The van der Waals surface area contributed by atoms with E-state index < -0.39 is 0 Å². The van der Waals surface area contributed by atoms with Crippen LogP contribution in [0.15, 0.2) is 59.9 Å². The van der Waals surface area contributed by atoms with E-state index in [0.29, 0.717) is 0 Å². The van der Waals surface area contributed by atoms with Gasteiger partial charge in [-0.3, -0.25) is 0 Å². The first-order valence-electron chi connectivity index (χ1n) is 7.39. The number of hydrogen-bond acceptors (Lipinski definition) is 1. The van der Waals surface area contributed by atoms with Gasteiger partial charge >= 0.3 is 0 Å². The Morgan fingerprint density at radius 1 is 1.11 bits per heavy atom. The first-order chi connectivity index (χ1) is 9.27. The minimum atomic E-state index is 1.08. The Morgan fingerprint density at radius 2 is 1.79 bits per heavy atom. The summed E-state index contributed by atoms with van der Waals surface area (Å²) in [7, 11) is 0. The van der Waals surface area contributed by atoms with Crippen molar-refractivity contribution in [1.82, 2.24) is 4.90 Å². The third kappa shape index (κ3) is 6.28. The van der Waals surface area contributed by atoms with Crippen LogP contribution in [0.25, 0.3) is 0 Å². The molecule has 0 bridgehead atoms. The average Bonchev–Trinajstić information content (AvgIpc) is 2.96. The molecule has 0 atom stereocenters. The Hall–Kier alpha value is -1.50. The average molecular weight is 257 g/mol. The second kappa shape index (κ2) is 9.43. The normalized spacial score (nSPS) is 14.2. The molecule has 1 nitrogen and oxygen atoms in total. The monoisotopic (exact) mass is 257 g/mol. The summed E-state index contributed by atoms with van der Waals surface area (Å²) in [6.45, 7) is 8.75. The lowest BCUT2D eigenvalue weighted by Crippen LogP contribution is -2.14. The summed E-state index contributed by atoms with van der Waals surface area (Å²) in [5.74, 6) is 0. The van der Waals surface area contributed by atoms with E-state index in [-0.39, 0.29) is 0 Å². The third-order valence-electron chi connectivity index (χ3n) is 3.43. The SMILES string of the molecule is CCN(/C=C/C=C/CCCC(C)=C1C=CC=C1)CC. The molecule has 0 fully saturated rings. The van der Waals surface area contributed by atoms with Gasteiger partial charge in [0, 0.05) is 13.1 Å². The Bertz CT molecular complexity index is 376. The summed E-state index contributed by atoms with van der Waals surface area (Å²) < 4.78 is 0. The maximum absolute atomic E-state index is 2.29. The van der Waals surface area contributed by atoms with Crippen LogP contribution in [0.1, 0.15) is 40.0 Å². The van der Waals surface area contributed by atoms with Gasteiger partial charge < -0.3 is 4.90 Å². The van der Waals surface area contributed by atoms with Crippen molar-refractivity contribution in [3.05, 3.63) is 59.9 Å². The number of nitrogens with zero attached hydrogens (tertiary/aromatic N) is 1. The molecule has 1 aliphatic carbocycles. The number of rotatable bonds is 8. The molecule has 0 N–H and O–H groups in total. The van der Waals surface area contributed by atoms with E-state index in [1.165, 1.54) is 24.0 Å². The van der Waals surface area contributed by atoms with Crippen LogP contribution in [0.5, 0.6) is 0 Å². The maximum atomic E-state index is 2.29. The standard InChI is InChI=1S/C18H27N/c1-4-19(5-2)16-12-8-6-7-9-13-17(3)18-14-10-11-15-18/h6,8,10-12,14-16H,4-5,7,9,13H2,1-3H3/b8-6+,16-12+. The van der Waals surface area contributed by atoms with Crippen molar-refractivity contribution in [2.75, 3.05) is 13.1 Å². The summed E-state index contributed by atoms with van der Waals surface area (Å²) in [5.41, 5.74) is 2.89. The van der Waals surface area contributed by atoms with E-state index in [9.17, 15) is 0 Å². The van der Waals surface area contributed by atoms with Crippen LogP contribution in [0, 0.1) is 0 Å². The van der Waals surface area contributed by atoms with Crippen LogP contribution in [-0.4, -0.2) is 18.0 Å². The van der Waals surface area contributed by atoms with E-state index in [1.807, 2.05) is 0 Å². The van der Waals surface area contributed by atoms with Crippen LogP contribution >= 0.6 is 0 Å². The molecule has 0 aromatic rings. The molecule has 0 unspecified atom stereocenters. The Labute approximate surface area is 118 Å². The minimum Gasteiger partial charge on any atom is -0.378 e. The first-order valence-corrected chi connectivity index (χ1v) is 7.39. The van der Waals surface area contributed by atoms with Crippen LogP contribution in [0.4, 0.5) is 0 Å². The highest BCUT2D eigenvalue weighted by atomic mass is 15.1. The zero-order valence-corrected chi connectivity index (χ0v) is 12.6. The van der Waals surface area contributed by atoms with Gasteiger partial charge in [0.25, 0.3) is 0 Å². The lowest BCUT2D eigenvalue weighted by atomic mass is 10.0. The van der Waals surface area contributed by atoms with Crippen LogP contribution < -0.4 is 0 Å². The van der Waals surface area contributed by atoms with Crippen molar-refractivity contribution in [3.8, 4) is 0 Å². The quantitative estimate of drug-likeness (QED) is 0.436. The molecule has 1 rings (SSSR count). The fraction of sp³-hybridized carbons (Fsp3) is 0.444. The van der Waals surface area contributed by atoms with Crippen molar-refractivity contribution < 1.29 is 0 Å². The number of unbranched alkanes of at least 4 members (excludes halogenated alkanes) is 1. The summed E-state index contributed by atoms with van der Waals surface area (Å²) >= 11 is 0. The van der Waals surface area contributed by atoms with Gasteiger partial charge in [-0.1, -0.05) is 42.0 Å². The zero-order valence-electron chi connectivity index (χ0n) is 12.6. The van der Waals surface area contributed by atoms with Gasteiger partial charge in [0.2, 0.25) is 0 Å². The maximum Gasteiger partial charge on any atom is 0.0143 e. The van der Waals surface area contributed by atoms with Gasteiger partial charge in [0.15, 0.2) is 0 Å². The van der Waals surface area contributed by atoms with Gasteiger partial charge in [-0.15, -0.1) is 0 Å². The zero-order chi connectivity index (χ0) is 13.9. The molecule has 0 heterocycles. The predicted molar refractivity (Wildman–Crippen MR) is 86.0 cm³/mol. The Morgan fingerprint density at radius 3 is 2.42 bits per heavy atom. The molecule has 1 aliphatic rings. The second-order valence-corrected chi connectivity index (χ2v) is 4.84. The minimum absolute atomic E-state index is 1.08. The molecule has 19 heavy (non-hydrogen) atoms. The van der Waals surface area contributed by atoms with Crippen LogP contribution in [-0.2, 0) is 0 Å². The summed E-state index contributed by atoms with van der Waals surface area (Å²) in [4.78, 5) is 2.29. The van der Waals surface area contributed by atoms with E-state index in [0.717, 1.165) is 19.5 Å². The topological polar surface area (TPSA) is 3.24 Å². The molecule has 1 heteroatoms. The van der Waals surface area contributed by atoms with E-state index in [4.69, 9.17) is 0 Å². The van der Waals surface area contributed by atoms with E-state index in [1.54, 1.807) is 0 Å². The van der Waals surface area contributed by atoms with Crippen molar-refractivity contribution in [2.45, 2.75) is 40.0 Å². The highest BCUT2D eigenvalue weighted by Gasteiger charge is 1.98. The summed E-state index contributed by atoms with van der Waals surface area (Å²) in [6.07, 6.45) is 20.9. The number of hydrogen-bond donors (Lipinski definition) is 0. The molecule has 0 aromatic carbocycles. The Balaban J connectivity index is 2.19. The fourth-order valence-corrected chi connectivity index (χ4v) is 2.07. The lowest BCUT2D eigenvalue weighted by Gasteiger charge is -2.13. The second-order valence-electron chi connectivity index (χ2n) is 4.84. The third-order valence-corrected chi connectivity index (χ3v) is 3.43. The summed E-state index contributed by atoms with van der Waals surface area (Å²) in [5, 5.41) is 0. The fourth-order valence-electron chi connectivity index (χ4n) is 2.07. The molecule has 0 spiro atoms. The molecule has 0 aromatic heterocycles. The molecule has 0 aliphatic heterocycles. The molecular weight excluding hydrogens is 230 g/mol. The van der Waals surface area contributed by atoms with Crippen molar-refractivity contribution >= 4 is 0 Å². The molecule has 104 valence electrons. The highest BCUT2D eigenvalue weighted by molar-refractivity contribution is 5.42. The largest absolute Gasteiger partial charge is 0.378 e. The van der Waals surface area contributed by atoms with Crippen molar-refractivity contribution in [2.24, 2.45) is 0 Å². The molecular formula is C18H27N. The van der Waals surface area contributed by atoms with Crippen LogP contribution in [0.2, 0.25) is 0 Å². The highest BCUT2D eigenvalue weighted by Crippen LogP contribution is 2.17. The van der Waals surface area contributed by atoms with Gasteiger partial charge in [0.1, 0.15) is 0 Å². The lowest BCUT2D eigenvalue weighted by molar-refractivity contribution is 0.419. The molecule has 0 amide bonds. The van der Waals surface area contributed by atoms with Gasteiger partial charge in [-0.2, -0.15) is 0 Å². The molecule has 0 saturated heterocycles. The van der Waals surface area contributed by atoms with Crippen molar-refractivity contribution in [3.63, 3.8) is 0 Å². The van der Waals surface area contributed by atoms with E-state index >= 15 is 0 Å². The van der Waals surface area contributed by atoms with Crippen LogP contribution in [0.3, 0.4) is 0 Å². The predicted octanol–water partition coefficient (Wildman–Crippen LogP) is 5.01. The Kier molecular flexibility index (Phi) is 7.72. The van der Waals surface area contributed by atoms with Gasteiger partial charge in [0.05, 0.1) is 0 Å². The van der Waals surface area contributed by atoms with Gasteiger partial charge in [-0.25, -0.2) is 0 Å². The number of allylic oxidation sites excluding steroid dienone is 9. The smallest absolute Gasteiger partial charge is 0.0143 e. The van der Waals surface area contributed by atoms with Gasteiger partial charge in [-0.05, 0) is 57.9 Å². The molecule has 0 saturated carbocycles. The summed E-state index contributed by atoms with van der Waals surface area (Å²) in [6, 6.07) is 0.